The summed E-state index contributed by atoms with van der Waals surface area (Å²) in [5.74, 6) is 4.73. The van der Waals surface area contributed by atoms with Crippen LogP contribution in [0.25, 0.3) is 71.5 Å². The van der Waals surface area contributed by atoms with Crippen LogP contribution < -0.4 is 0 Å². The summed E-state index contributed by atoms with van der Waals surface area (Å²) in [5, 5.41) is 1.09. The Labute approximate surface area is 345 Å². The molecule has 3 heterocycles. The summed E-state index contributed by atoms with van der Waals surface area (Å²) in [5.41, 5.74) is 16.8. The van der Waals surface area contributed by atoms with Gasteiger partial charge in [0.05, 0.1) is 15.7 Å². The summed E-state index contributed by atoms with van der Waals surface area (Å²) in [6, 6.07) is 27.8. The van der Waals surface area contributed by atoms with Gasteiger partial charge in [-0.3, -0.25) is 0 Å². The van der Waals surface area contributed by atoms with Crippen LogP contribution in [0, 0.1) is 6.92 Å². The lowest BCUT2D eigenvalue weighted by atomic mass is 9.78. The summed E-state index contributed by atoms with van der Waals surface area (Å²) < 4.78 is 8.28. The van der Waals surface area contributed by atoms with Gasteiger partial charge < -0.3 is 4.42 Å². The Bertz CT molecular complexity index is 2920. The molecule has 0 bridgehead atoms. The minimum Gasteiger partial charge on any atom is -0.455 e. The number of furan rings is 1. The van der Waals surface area contributed by atoms with Crippen LogP contribution in [0.5, 0.6) is 0 Å². The lowest BCUT2D eigenvalue weighted by Gasteiger charge is -2.22. The first-order valence-corrected chi connectivity index (χ1v) is 20.6. The molecule has 0 N–H and O–H groups in total. The van der Waals surface area contributed by atoms with Crippen molar-refractivity contribution < 1.29 is 4.42 Å². The zero-order chi connectivity index (χ0) is 40.6. The molecular formula is C51H45BN4OS. The van der Waals surface area contributed by atoms with Crippen molar-refractivity contribution in [2.75, 3.05) is 0 Å². The Morgan fingerprint density at radius 1 is 0.845 bits per heavy atom. The lowest BCUT2D eigenvalue weighted by Crippen LogP contribution is -2.14. The predicted molar refractivity (Wildman–Crippen MR) is 248 cm³/mol. The zero-order valence-corrected chi connectivity index (χ0v) is 34.7. The molecule has 8 rings (SSSR count). The summed E-state index contributed by atoms with van der Waals surface area (Å²) >= 11 is 1.72. The highest BCUT2D eigenvalue weighted by molar-refractivity contribution is 7.17. The van der Waals surface area contributed by atoms with E-state index in [2.05, 4.69) is 119 Å². The highest BCUT2D eigenvalue weighted by Crippen LogP contribution is 2.53. The normalized spacial score (nSPS) is 14.3. The number of thiazole rings is 1. The monoisotopic (exact) mass is 772 g/mol. The van der Waals surface area contributed by atoms with Gasteiger partial charge in [0.25, 0.3) is 0 Å². The van der Waals surface area contributed by atoms with Gasteiger partial charge in [0, 0.05) is 49.8 Å². The van der Waals surface area contributed by atoms with Crippen molar-refractivity contribution >= 4 is 56.5 Å². The van der Waals surface area contributed by atoms with Crippen LogP contribution in [-0.2, 0) is 5.41 Å². The fraction of sp³-hybridized carbons (Fsp3) is 0.137. The number of nitrogens with zero attached hydrogens (tertiary/aromatic N) is 4. The van der Waals surface area contributed by atoms with Gasteiger partial charge in [0.2, 0.25) is 0 Å². The Hall–Kier alpha value is -6.44. The molecule has 0 atom stereocenters. The van der Waals surface area contributed by atoms with E-state index in [4.69, 9.17) is 19.4 Å². The molecule has 0 saturated carbocycles. The number of hydrogen-bond donors (Lipinski definition) is 0. The number of rotatable bonds is 11. The topological polar surface area (TPSA) is 64.7 Å². The van der Waals surface area contributed by atoms with Crippen molar-refractivity contribution in [1.29, 1.82) is 0 Å². The molecule has 58 heavy (non-hydrogen) atoms. The van der Waals surface area contributed by atoms with Crippen molar-refractivity contribution in [1.82, 2.24) is 19.9 Å². The Balaban J connectivity index is 1.23. The van der Waals surface area contributed by atoms with Crippen LogP contribution in [0.2, 0.25) is 6.82 Å². The fourth-order valence-corrected chi connectivity index (χ4v) is 8.99. The maximum Gasteiger partial charge on any atom is 0.164 e. The number of allylic oxidation sites excluding steroid dienone is 11. The Morgan fingerprint density at radius 3 is 2.36 bits per heavy atom. The highest BCUT2D eigenvalue weighted by atomic mass is 32.1. The van der Waals surface area contributed by atoms with Crippen LogP contribution >= 0.6 is 11.3 Å². The van der Waals surface area contributed by atoms with Crippen LogP contribution in [-0.4, -0.2) is 27.2 Å². The second-order valence-electron chi connectivity index (χ2n) is 14.9. The molecule has 1 aliphatic carbocycles. The highest BCUT2D eigenvalue weighted by Gasteiger charge is 2.37. The summed E-state index contributed by atoms with van der Waals surface area (Å²) in [6.07, 6.45) is 13.6. The summed E-state index contributed by atoms with van der Waals surface area (Å²) in [4.78, 5) is 19.5. The molecule has 1 aliphatic rings. The van der Waals surface area contributed by atoms with Gasteiger partial charge in [-0.15, -0.1) is 17.3 Å². The third-order valence-electron chi connectivity index (χ3n) is 11.0. The molecule has 0 spiro atoms. The van der Waals surface area contributed by atoms with E-state index in [0.717, 1.165) is 74.1 Å². The molecule has 0 fully saturated rings. The van der Waals surface area contributed by atoms with Crippen molar-refractivity contribution in [3.8, 4) is 33.6 Å². The lowest BCUT2D eigenvalue weighted by molar-refractivity contribution is 0.598. The average molecular weight is 773 g/mol. The summed E-state index contributed by atoms with van der Waals surface area (Å²) in [6.45, 7) is 21.1. The molecule has 0 amide bonds. The van der Waals surface area contributed by atoms with E-state index in [0.29, 0.717) is 17.5 Å². The third kappa shape index (κ3) is 6.65. The first-order valence-electron chi connectivity index (χ1n) is 19.7. The molecular weight excluding hydrogens is 727 g/mol. The molecule has 0 saturated heterocycles. The number of fused-ring (bicyclic) bond motifs is 6. The summed E-state index contributed by atoms with van der Waals surface area (Å²) in [7, 11) is 0.813. The van der Waals surface area contributed by atoms with Crippen LogP contribution in [0.4, 0.5) is 0 Å². The maximum absolute atomic E-state index is 7.03. The van der Waals surface area contributed by atoms with Gasteiger partial charge in [-0.2, -0.15) is 0 Å². The van der Waals surface area contributed by atoms with E-state index >= 15 is 0 Å². The van der Waals surface area contributed by atoms with E-state index in [1.165, 1.54) is 27.0 Å². The largest absolute Gasteiger partial charge is 0.455 e. The first kappa shape index (κ1) is 38.4. The van der Waals surface area contributed by atoms with Gasteiger partial charge in [0.15, 0.2) is 17.5 Å². The van der Waals surface area contributed by atoms with Crippen molar-refractivity contribution in [3.63, 3.8) is 0 Å². The smallest absolute Gasteiger partial charge is 0.164 e. The number of aromatic nitrogens is 4. The molecule has 0 radical (unpaired) electrons. The van der Waals surface area contributed by atoms with Crippen LogP contribution in [0.3, 0.4) is 0 Å². The van der Waals surface area contributed by atoms with E-state index in [-0.39, 0.29) is 5.41 Å². The van der Waals surface area contributed by atoms with Crippen molar-refractivity contribution in [3.05, 3.63) is 186 Å². The van der Waals surface area contributed by atoms with E-state index < -0.39 is 0 Å². The Kier molecular flexibility index (Phi) is 10.5. The van der Waals surface area contributed by atoms with Crippen molar-refractivity contribution in [2.45, 2.75) is 46.9 Å². The van der Waals surface area contributed by atoms with Gasteiger partial charge >= 0.3 is 0 Å². The quantitative estimate of drug-likeness (QED) is 0.0968. The second-order valence-corrected chi connectivity index (χ2v) is 15.8. The van der Waals surface area contributed by atoms with Crippen LogP contribution in [0.1, 0.15) is 61.8 Å². The minimum absolute atomic E-state index is 0.151. The van der Waals surface area contributed by atoms with E-state index in [1.807, 2.05) is 67.1 Å². The zero-order valence-electron chi connectivity index (χ0n) is 33.9. The van der Waals surface area contributed by atoms with E-state index in [9.17, 15) is 0 Å². The minimum atomic E-state index is -0.151. The van der Waals surface area contributed by atoms with Gasteiger partial charge in [0.1, 0.15) is 18.6 Å². The van der Waals surface area contributed by atoms with Crippen LogP contribution in [0.15, 0.2) is 156 Å². The van der Waals surface area contributed by atoms with Gasteiger partial charge in [-0.25, -0.2) is 19.9 Å². The molecule has 0 unspecified atom stereocenters. The number of aryl methyl sites for hydroxylation is 1. The number of para-hydroxylation sites is 1. The second kappa shape index (κ2) is 15.8. The molecule has 284 valence electrons. The standard InChI is InChI=1S/C51H45BN4OS/c1-9-17-34(18-10-2)49-54-48(55-50(56-49)35-19-14-13-15-20-35)33(12-4)27-32(11-3)40(29-52-8)45-31(5)37-21-16-22-38(46(37)57-45)36-23-24-39-42(28-36)51(6,7)41-25-26-43-47(44(39)41)58-30-53-43/h9-30,52H,1,4H2,2-3,5-8H3/b18-10-,32-11+,33-27+,34-17+,40-29-. The van der Waals surface area contributed by atoms with E-state index in [1.54, 1.807) is 17.4 Å². The molecule has 0 aliphatic heterocycles. The number of hydrogen-bond acceptors (Lipinski definition) is 6. The molecule has 5 nitrogen and oxygen atoms in total. The van der Waals surface area contributed by atoms with Gasteiger partial charge in [-0.05, 0) is 66.8 Å². The molecule has 7 heteroatoms. The predicted octanol–water partition coefficient (Wildman–Crippen LogP) is 13.4. The maximum atomic E-state index is 7.03. The average Bonchev–Trinajstić information content (AvgIpc) is 3.93. The molecule has 7 aromatic rings. The molecule has 3 aromatic heterocycles. The Morgan fingerprint density at radius 2 is 1.64 bits per heavy atom. The first-order chi connectivity index (χ1) is 28.2. The number of benzene rings is 4. The SMILES string of the molecule is C=C/C=C(\C=C/C)c1nc(/C(C=C)=C/C(=C\C)C(=C/BC)/c2oc3c(-c4ccc5c(c4)C(C)(C)c4ccc6ncsc6c4-5)cccc3c2C)nc(-c2ccccc2)n1. The fourth-order valence-electron chi connectivity index (χ4n) is 8.14. The third-order valence-corrected chi connectivity index (χ3v) is 11.9. The van der Waals surface area contributed by atoms with Gasteiger partial charge in [-0.1, -0.05) is 137 Å². The van der Waals surface area contributed by atoms with Crippen molar-refractivity contribution in [2.24, 2.45) is 0 Å². The molecule has 4 aromatic carbocycles.